The van der Waals surface area contributed by atoms with Crippen LogP contribution in [0, 0.1) is 0 Å². The molecule has 10 aromatic rings. The van der Waals surface area contributed by atoms with Gasteiger partial charge in [-0.05, 0) is 114 Å². The van der Waals surface area contributed by atoms with E-state index in [0.29, 0.717) is 5.82 Å². The van der Waals surface area contributed by atoms with Crippen LogP contribution in [0.4, 0.5) is 0 Å². The molecule has 0 radical (unpaired) electrons. The second kappa shape index (κ2) is 13.3. The van der Waals surface area contributed by atoms with E-state index >= 15 is 0 Å². The second-order valence-electron chi connectivity index (χ2n) is 17.4. The van der Waals surface area contributed by atoms with Crippen LogP contribution in [-0.4, -0.2) is 9.97 Å². The van der Waals surface area contributed by atoms with E-state index in [1.165, 1.54) is 77.4 Å². The normalized spacial score (nSPS) is 15.7. The Bertz CT molecular complexity index is 3400. The van der Waals surface area contributed by atoms with Gasteiger partial charge in [-0.25, -0.2) is 9.97 Å². The first-order valence-corrected chi connectivity index (χ1v) is 21.3. The Morgan fingerprint density at radius 3 is 1.74 bits per heavy atom. The zero-order valence-electron chi connectivity index (χ0n) is 34.4. The van der Waals surface area contributed by atoms with Gasteiger partial charge in [0.15, 0.2) is 5.82 Å². The summed E-state index contributed by atoms with van der Waals surface area (Å²) in [5.41, 5.74) is 18.9. The van der Waals surface area contributed by atoms with Crippen LogP contribution in [0.5, 0.6) is 0 Å². The summed E-state index contributed by atoms with van der Waals surface area (Å²) in [5.74, 6) is 0.713. The first-order chi connectivity index (χ1) is 29.9. The van der Waals surface area contributed by atoms with Crippen LogP contribution >= 0.6 is 0 Å². The number of fused-ring (bicyclic) bond motifs is 9. The summed E-state index contributed by atoms with van der Waals surface area (Å²) in [4.78, 5) is 10.8. The molecule has 61 heavy (non-hydrogen) atoms. The van der Waals surface area contributed by atoms with Crippen molar-refractivity contribution in [3.05, 3.63) is 228 Å². The summed E-state index contributed by atoms with van der Waals surface area (Å²) in [6, 6.07) is 73.1. The van der Waals surface area contributed by atoms with E-state index in [0.717, 1.165) is 33.5 Å². The first kappa shape index (κ1) is 35.5. The molecule has 1 unspecified atom stereocenters. The second-order valence-corrected chi connectivity index (χ2v) is 17.4. The van der Waals surface area contributed by atoms with E-state index in [1.54, 1.807) is 0 Å². The molecule has 0 saturated carbocycles. The van der Waals surface area contributed by atoms with Crippen LogP contribution in [0.25, 0.3) is 88.8 Å². The SMILES string of the molecule is CC1(C)c2ccc(-c3ccc(-c4nc(-c5ccccc5)cc(-c5ccc6c(c5)C(C)(c5ccccc5)c5ccccc5-6)n4)c4ccccc34)cc2-c2ccc3ccccc3c21. The predicted octanol–water partition coefficient (Wildman–Crippen LogP) is 15.1. The predicted molar refractivity (Wildman–Crippen MR) is 254 cm³/mol. The minimum absolute atomic E-state index is 0.0994. The fraction of sp³-hybridized carbons (Fsp3) is 0.0847. The Morgan fingerprint density at radius 1 is 0.344 bits per heavy atom. The highest BCUT2D eigenvalue weighted by Crippen LogP contribution is 2.54. The van der Waals surface area contributed by atoms with E-state index in [9.17, 15) is 0 Å². The highest BCUT2D eigenvalue weighted by molar-refractivity contribution is 6.05. The molecule has 2 aliphatic carbocycles. The van der Waals surface area contributed by atoms with Gasteiger partial charge < -0.3 is 0 Å². The molecule has 0 fully saturated rings. The molecule has 2 aliphatic rings. The van der Waals surface area contributed by atoms with Gasteiger partial charge in [-0.3, -0.25) is 0 Å². The lowest BCUT2D eigenvalue weighted by molar-refractivity contribution is 0.666. The highest BCUT2D eigenvalue weighted by Gasteiger charge is 2.41. The topological polar surface area (TPSA) is 25.8 Å². The minimum atomic E-state index is -0.309. The summed E-state index contributed by atoms with van der Waals surface area (Å²) < 4.78 is 0. The van der Waals surface area contributed by atoms with Gasteiger partial charge in [0.25, 0.3) is 0 Å². The molecule has 0 aliphatic heterocycles. The summed E-state index contributed by atoms with van der Waals surface area (Å²) in [6.45, 7) is 7.11. The molecule has 2 nitrogen and oxygen atoms in total. The monoisotopic (exact) mass is 778 g/mol. The zero-order chi connectivity index (χ0) is 40.9. The van der Waals surface area contributed by atoms with Gasteiger partial charge in [0.2, 0.25) is 0 Å². The average Bonchev–Trinajstić information content (AvgIpc) is 3.72. The molecule has 1 aromatic heterocycles. The number of hydrogen-bond acceptors (Lipinski definition) is 2. The quantitative estimate of drug-likeness (QED) is 0.174. The number of rotatable bonds is 5. The standard InChI is InChI=1S/C59H42N2/c1-58(2)51-33-28-39(34-50(51)48-30-26-37-16-10-11-21-43(37)56(48)58)42-31-32-49(45-23-13-12-22-44(42)45)57-60-54(38-17-6-4-7-18-38)36-55(61-57)40-27-29-47-46-24-14-15-25-52(46)59(3,53(47)35-40)41-19-8-5-9-20-41/h4-36H,1-3H3. The zero-order valence-corrected chi connectivity index (χ0v) is 34.4. The van der Waals surface area contributed by atoms with Crippen molar-refractivity contribution in [2.24, 2.45) is 0 Å². The molecule has 288 valence electrons. The van der Waals surface area contributed by atoms with Gasteiger partial charge >= 0.3 is 0 Å². The maximum absolute atomic E-state index is 5.45. The van der Waals surface area contributed by atoms with E-state index < -0.39 is 0 Å². The molecular weight excluding hydrogens is 737 g/mol. The first-order valence-electron chi connectivity index (χ1n) is 21.3. The summed E-state index contributed by atoms with van der Waals surface area (Å²) >= 11 is 0. The van der Waals surface area contributed by atoms with Crippen molar-refractivity contribution in [1.29, 1.82) is 0 Å². The van der Waals surface area contributed by atoms with Gasteiger partial charge in [0.05, 0.1) is 11.4 Å². The minimum Gasteiger partial charge on any atom is -0.228 e. The molecule has 0 N–H and O–H groups in total. The van der Waals surface area contributed by atoms with Crippen LogP contribution in [0.15, 0.2) is 200 Å². The average molecular weight is 779 g/mol. The Balaban J connectivity index is 1.02. The lowest BCUT2D eigenvalue weighted by Gasteiger charge is -2.28. The van der Waals surface area contributed by atoms with Gasteiger partial charge in [-0.15, -0.1) is 0 Å². The summed E-state index contributed by atoms with van der Waals surface area (Å²) in [7, 11) is 0. The molecule has 12 rings (SSSR count). The summed E-state index contributed by atoms with van der Waals surface area (Å²) in [5, 5.41) is 4.94. The van der Waals surface area contributed by atoms with Crippen LogP contribution in [0.2, 0.25) is 0 Å². The van der Waals surface area contributed by atoms with Crippen LogP contribution in [0.1, 0.15) is 48.6 Å². The fourth-order valence-corrected chi connectivity index (χ4v) is 10.7. The van der Waals surface area contributed by atoms with Crippen molar-refractivity contribution >= 4 is 21.5 Å². The van der Waals surface area contributed by atoms with E-state index in [4.69, 9.17) is 9.97 Å². The fourth-order valence-electron chi connectivity index (χ4n) is 10.7. The molecule has 1 atom stereocenters. The van der Waals surface area contributed by atoms with Crippen LogP contribution < -0.4 is 0 Å². The number of hydrogen-bond donors (Lipinski definition) is 0. The summed E-state index contributed by atoms with van der Waals surface area (Å²) in [6.07, 6.45) is 0. The van der Waals surface area contributed by atoms with Crippen molar-refractivity contribution in [3.63, 3.8) is 0 Å². The molecule has 0 spiro atoms. The largest absolute Gasteiger partial charge is 0.228 e. The lowest BCUT2D eigenvalue weighted by atomic mass is 9.74. The van der Waals surface area contributed by atoms with Crippen molar-refractivity contribution in [1.82, 2.24) is 9.97 Å². The number of aromatic nitrogens is 2. The molecule has 1 heterocycles. The Morgan fingerprint density at radius 2 is 0.934 bits per heavy atom. The van der Waals surface area contributed by atoms with Gasteiger partial charge in [0, 0.05) is 27.5 Å². The third kappa shape index (κ3) is 5.28. The van der Waals surface area contributed by atoms with Gasteiger partial charge in [-0.2, -0.15) is 0 Å². The van der Waals surface area contributed by atoms with Crippen molar-refractivity contribution in [2.75, 3.05) is 0 Å². The third-order valence-electron chi connectivity index (χ3n) is 13.8. The van der Waals surface area contributed by atoms with E-state index in [1.807, 2.05) is 0 Å². The Hall–Kier alpha value is -7.42. The molecule has 0 amide bonds. The molecule has 0 bridgehead atoms. The van der Waals surface area contributed by atoms with Crippen molar-refractivity contribution < 1.29 is 0 Å². The van der Waals surface area contributed by atoms with Crippen molar-refractivity contribution in [3.8, 4) is 67.3 Å². The van der Waals surface area contributed by atoms with Crippen LogP contribution in [0.3, 0.4) is 0 Å². The Kier molecular flexibility index (Phi) is 7.74. The van der Waals surface area contributed by atoms with E-state index in [2.05, 4.69) is 221 Å². The molecule has 9 aromatic carbocycles. The van der Waals surface area contributed by atoms with Crippen LogP contribution in [-0.2, 0) is 10.8 Å². The smallest absolute Gasteiger partial charge is 0.161 e. The Labute approximate surface area is 356 Å². The number of benzene rings is 9. The van der Waals surface area contributed by atoms with Gasteiger partial charge in [0.1, 0.15) is 0 Å². The number of nitrogens with zero attached hydrogens (tertiary/aromatic N) is 2. The maximum Gasteiger partial charge on any atom is 0.161 e. The van der Waals surface area contributed by atoms with Gasteiger partial charge in [-0.1, -0.05) is 190 Å². The van der Waals surface area contributed by atoms with E-state index in [-0.39, 0.29) is 10.8 Å². The molecule has 0 saturated heterocycles. The third-order valence-corrected chi connectivity index (χ3v) is 13.8. The van der Waals surface area contributed by atoms with Crippen molar-refractivity contribution in [2.45, 2.75) is 31.6 Å². The lowest BCUT2D eigenvalue weighted by Crippen LogP contribution is -2.22. The molecular formula is C59H42N2. The maximum atomic E-state index is 5.45. The molecule has 2 heteroatoms. The highest BCUT2D eigenvalue weighted by atomic mass is 14.9.